The number of thioether (sulfide) groups is 1. The van der Waals surface area contributed by atoms with E-state index in [1.54, 1.807) is 0 Å². The molecule has 1 heterocycles. The van der Waals surface area contributed by atoms with Crippen LogP contribution in [0.1, 0.15) is 34.0 Å². The number of hydrogen-bond donors (Lipinski definition) is 1. The van der Waals surface area contributed by atoms with Crippen molar-refractivity contribution in [3.63, 3.8) is 0 Å². The second-order valence-electron chi connectivity index (χ2n) is 4.37. The van der Waals surface area contributed by atoms with E-state index in [0.717, 1.165) is 6.54 Å². The largest absolute Gasteiger partial charge is 0.302 e. The van der Waals surface area contributed by atoms with Crippen LogP contribution in [0.2, 0.25) is 0 Å². The standard InChI is InChI=1S/C13H19NS/c1-9-7-10(2)12(11(3)8-9)13-14-5-4-6-15-13/h7-8,13-14H,4-6H2,1-3H3. The van der Waals surface area contributed by atoms with Gasteiger partial charge in [0.15, 0.2) is 0 Å². The van der Waals surface area contributed by atoms with Crippen LogP contribution in [0.5, 0.6) is 0 Å². The van der Waals surface area contributed by atoms with Gasteiger partial charge in [0, 0.05) is 0 Å². The van der Waals surface area contributed by atoms with Gasteiger partial charge in [-0.25, -0.2) is 0 Å². The summed E-state index contributed by atoms with van der Waals surface area (Å²) in [5.41, 5.74) is 5.73. The molecule has 1 aliphatic rings. The number of nitrogens with one attached hydrogen (secondary N) is 1. The Hall–Kier alpha value is -0.470. The van der Waals surface area contributed by atoms with Crippen LogP contribution >= 0.6 is 11.8 Å². The fraction of sp³-hybridized carbons (Fsp3) is 0.538. The van der Waals surface area contributed by atoms with E-state index in [1.165, 1.54) is 34.4 Å². The molecule has 1 unspecified atom stereocenters. The lowest BCUT2D eigenvalue weighted by atomic mass is 9.99. The van der Waals surface area contributed by atoms with Crippen molar-refractivity contribution in [2.45, 2.75) is 32.6 Å². The second-order valence-corrected chi connectivity index (χ2v) is 5.58. The summed E-state index contributed by atoms with van der Waals surface area (Å²) in [6, 6.07) is 4.58. The van der Waals surface area contributed by atoms with Gasteiger partial charge in [-0.1, -0.05) is 17.7 Å². The first kappa shape index (κ1) is 11.0. The molecule has 0 aromatic heterocycles. The highest BCUT2D eigenvalue weighted by Gasteiger charge is 2.18. The Kier molecular flexibility index (Phi) is 3.37. The van der Waals surface area contributed by atoms with Crippen LogP contribution in [0.3, 0.4) is 0 Å². The molecule has 0 bridgehead atoms. The van der Waals surface area contributed by atoms with E-state index in [1.807, 2.05) is 11.8 Å². The quantitative estimate of drug-likeness (QED) is 0.780. The Morgan fingerprint density at radius 2 is 1.87 bits per heavy atom. The predicted octanol–water partition coefficient (Wildman–Crippen LogP) is 3.34. The Bertz CT molecular complexity index is 331. The topological polar surface area (TPSA) is 12.0 Å². The molecular weight excluding hydrogens is 202 g/mol. The molecule has 2 heteroatoms. The monoisotopic (exact) mass is 221 g/mol. The van der Waals surface area contributed by atoms with Crippen molar-refractivity contribution in [2.75, 3.05) is 12.3 Å². The molecule has 1 aromatic rings. The van der Waals surface area contributed by atoms with Gasteiger partial charge >= 0.3 is 0 Å². The number of rotatable bonds is 1. The van der Waals surface area contributed by atoms with Gasteiger partial charge in [0.1, 0.15) is 0 Å². The van der Waals surface area contributed by atoms with E-state index in [-0.39, 0.29) is 0 Å². The third kappa shape index (κ3) is 2.37. The zero-order valence-corrected chi connectivity index (χ0v) is 10.6. The van der Waals surface area contributed by atoms with Gasteiger partial charge in [-0.2, -0.15) is 0 Å². The fourth-order valence-electron chi connectivity index (χ4n) is 2.36. The summed E-state index contributed by atoms with van der Waals surface area (Å²) in [4.78, 5) is 0. The predicted molar refractivity (Wildman–Crippen MR) is 68.5 cm³/mol. The molecule has 1 saturated heterocycles. The number of aryl methyl sites for hydroxylation is 3. The van der Waals surface area contributed by atoms with Crippen molar-refractivity contribution in [3.05, 3.63) is 34.4 Å². The first-order chi connectivity index (χ1) is 7.18. The highest BCUT2D eigenvalue weighted by molar-refractivity contribution is 7.99. The highest BCUT2D eigenvalue weighted by atomic mass is 32.2. The van der Waals surface area contributed by atoms with Crippen LogP contribution in [0, 0.1) is 20.8 Å². The third-order valence-corrected chi connectivity index (χ3v) is 4.20. The average Bonchev–Trinajstić information content (AvgIpc) is 2.17. The number of hydrogen-bond acceptors (Lipinski definition) is 2. The smallest absolute Gasteiger partial charge is 0.0794 e. The van der Waals surface area contributed by atoms with E-state index < -0.39 is 0 Å². The molecule has 1 fully saturated rings. The zero-order valence-electron chi connectivity index (χ0n) is 9.76. The summed E-state index contributed by atoms with van der Waals surface area (Å²) in [6.07, 6.45) is 1.30. The highest BCUT2D eigenvalue weighted by Crippen LogP contribution is 2.34. The van der Waals surface area contributed by atoms with E-state index >= 15 is 0 Å². The van der Waals surface area contributed by atoms with Crippen LogP contribution < -0.4 is 5.32 Å². The summed E-state index contributed by atoms with van der Waals surface area (Å²) in [5, 5.41) is 4.11. The van der Waals surface area contributed by atoms with E-state index in [2.05, 4.69) is 38.2 Å². The van der Waals surface area contributed by atoms with E-state index in [0.29, 0.717) is 5.37 Å². The first-order valence-corrected chi connectivity index (χ1v) is 6.66. The Labute approximate surface area is 96.7 Å². The van der Waals surface area contributed by atoms with Gasteiger partial charge in [-0.05, 0) is 56.2 Å². The SMILES string of the molecule is Cc1cc(C)c(C2NCCCS2)c(C)c1. The van der Waals surface area contributed by atoms with Gasteiger partial charge in [-0.15, -0.1) is 11.8 Å². The molecule has 1 atom stereocenters. The summed E-state index contributed by atoms with van der Waals surface area (Å²) in [7, 11) is 0. The molecule has 0 saturated carbocycles. The molecule has 2 rings (SSSR count). The van der Waals surface area contributed by atoms with Gasteiger partial charge in [0.05, 0.1) is 5.37 Å². The Morgan fingerprint density at radius 3 is 2.40 bits per heavy atom. The van der Waals surface area contributed by atoms with Crippen molar-refractivity contribution in [2.24, 2.45) is 0 Å². The van der Waals surface area contributed by atoms with Crippen molar-refractivity contribution in [1.82, 2.24) is 5.32 Å². The lowest BCUT2D eigenvalue weighted by Gasteiger charge is -2.26. The molecule has 0 amide bonds. The molecule has 0 spiro atoms. The molecule has 82 valence electrons. The minimum absolute atomic E-state index is 0.513. The lowest BCUT2D eigenvalue weighted by Crippen LogP contribution is -2.26. The summed E-state index contributed by atoms with van der Waals surface area (Å²) < 4.78 is 0. The molecule has 1 nitrogen and oxygen atoms in total. The van der Waals surface area contributed by atoms with Crippen LogP contribution in [0.4, 0.5) is 0 Å². The van der Waals surface area contributed by atoms with Gasteiger partial charge < -0.3 is 5.32 Å². The second kappa shape index (κ2) is 4.58. The van der Waals surface area contributed by atoms with Gasteiger partial charge in [0.25, 0.3) is 0 Å². The average molecular weight is 221 g/mol. The maximum atomic E-state index is 3.60. The molecule has 1 aromatic carbocycles. The molecular formula is C13H19NS. The van der Waals surface area contributed by atoms with Gasteiger partial charge in [-0.3, -0.25) is 0 Å². The maximum absolute atomic E-state index is 3.60. The zero-order chi connectivity index (χ0) is 10.8. The maximum Gasteiger partial charge on any atom is 0.0794 e. The van der Waals surface area contributed by atoms with Gasteiger partial charge in [0.2, 0.25) is 0 Å². The van der Waals surface area contributed by atoms with Crippen molar-refractivity contribution in [1.29, 1.82) is 0 Å². The summed E-state index contributed by atoms with van der Waals surface area (Å²) in [6.45, 7) is 7.79. The molecule has 15 heavy (non-hydrogen) atoms. The van der Waals surface area contributed by atoms with Crippen LogP contribution in [0.25, 0.3) is 0 Å². The Morgan fingerprint density at radius 1 is 1.20 bits per heavy atom. The van der Waals surface area contributed by atoms with E-state index in [4.69, 9.17) is 0 Å². The molecule has 1 N–H and O–H groups in total. The molecule has 1 aliphatic heterocycles. The van der Waals surface area contributed by atoms with E-state index in [9.17, 15) is 0 Å². The minimum atomic E-state index is 0.513. The molecule has 0 radical (unpaired) electrons. The summed E-state index contributed by atoms with van der Waals surface area (Å²) in [5.74, 6) is 1.28. The van der Waals surface area contributed by atoms with Crippen molar-refractivity contribution in [3.8, 4) is 0 Å². The van der Waals surface area contributed by atoms with Crippen LogP contribution in [-0.4, -0.2) is 12.3 Å². The number of benzene rings is 1. The lowest BCUT2D eigenvalue weighted by molar-refractivity contribution is 0.638. The summed E-state index contributed by atoms with van der Waals surface area (Å²) >= 11 is 2.04. The fourth-order valence-corrected chi connectivity index (χ4v) is 3.68. The van der Waals surface area contributed by atoms with Crippen molar-refractivity contribution >= 4 is 11.8 Å². The van der Waals surface area contributed by atoms with Crippen molar-refractivity contribution < 1.29 is 0 Å². The third-order valence-electron chi connectivity index (χ3n) is 2.94. The van der Waals surface area contributed by atoms with Crippen LogP contribution in [-0.2, 0) is 0 Å². The Balaban J connectivity index is 2.33. The first-order valence-electron chi connectivity index (χ1n) is 5.61. The van der Waals surface area contributed by atoms with Crippen LogP contribution in [0.15, 0.2) is 12.1 Å². The minimum Gasteiger partial charge on any atom is -0.302 e. The normalized spacial score (nSPS) is 21.7. The molecule has 0 aliphatic carbocycles.